The highest BCUT2D eigenvalue weighted by molar-refractivity contribution is 5.71. The van der Waals surface area contributed by atoms with Crippen LogP contribution < -0.4 is 0 Å². The summed E-state index contributed by atoms with van der Waals surface area (Å²) < 4.78 is 6.12. The van der Waals surface area contributed by atoms with Gasteiger partial charge < -0.3 is 4.74 Å². The molecule has 0 spiro atoms. The summed E-state index contributed by atoms with van der Waals surface area (Å²) in [6.45, 7) is 0. The molecular formula is C12H10N6O2. The maximum Gasteiger partial charge on any atom is 0.313 e. The van der Waals surface area contributed by atoms with Gasteiger partial charge in [0.2, 0.25) is 0 Å². The molecule has 0 fully saturated rings. The first-order chi connectivity index (χ1) is 9.78. The number of fused-ring (bicyclic) bond motifs is 1. The largest absolute Gasteiger partial charge is 0.469 e. The van der Waals surface area contributed by atoms with Gasteiger partial charge in [0.15, 0.2) is 5.82 Å². The Bertz CT molecular complexity index is 755. The molecule has 0 saturated carbocycles. The van der Waals surface area contributed by atoms with E-state index >= 15 is 0 Å². The van der Waals surface area contributed by atoms with Crippen LogP contribution in [0.25, 0.3) is 17.2 Å². The first-order valence-electron chi connectivity index (χ1n) is 5.82. The van der Waals surface area contributed by atoms with Crippen LogP contribution in [-0.2, 0) is 16.0 Å². The molecule has 3 rings (SSSR count). The van der Waals surface area contributed by atoms with Crippen molar-refractivity contribution in [2.75, 3.05) is 7.11 Å². The Morgan fingerprint density at radius 3 is 2.95 bits per heavy atom. The van der Waals surface area contributed by atoms with E-state index < -0.39 is 5.97 Å². The van der Waals surface area contributed by atoms with Crippen LogP contribution in [0, 0.1) is 0 Å². The lowest BCUT2D eigenvalue weighted by atomic mass is 10.3. The molecule has 0 aliphatic carbocycles. The van der Waals surface area contributed by atoms with Gasteiger partial charge in [0.05, 0.1) is 19.0 Å². The molecule has 0 amide bonds. The van der Waals surface area contributed by atoms with Gasteiger partial charge in [0.1, 0.15) is 12.1 Å². The first-order valence-corrected chi connectivity index (χ1v) is 5.82. The zero-order valence-corrected chi connectivity index (χ0v) is 10.6. The number of carbonyl (C=O) groups is 1. The predicted octanol–water partition coefficient (Wildman–Crippen LogP) is 0.297. The summed E-state index contributed by atoms with van der Waals surface area (Å²) >= 11 is 0. The Balaban J connectivity index is 2.08. The molecule has 0 bridgehead atoms. The van der Waals surface area contributed by atoms with Gasteiger partial charge >= 0.3 is 5.97 Å². The van der Waals surface area contributed by atoms with Crippen LogP contribution in [0.1, 0.15) is 5.82 Å². The number of hydrogen-bond acceptors (Lipinski definition) is 7. The molecule has 8 nitrogen and oxygen atoms in total. The Hall–Kier alpha value is -2.90. The predicted molar refractivity (Wildman–Crippen MR) is 67.5 cm³/mol. The zero-order valence-electron chi connectivity index (χ0n) is 10.6. The van der Waals surface area contributed by atoms with Gasteiger partial charge in [-0.1, -0.05) is 0 Å². The van der Waals surface area contributed by atoms with Crippen LogP contribution in [0.5, 0.6) is 0 Å². The van der Waals surface area contributed by atoms with Gasteiger partial charge in [-0.2, -0.15) is 9.50 Å². The van der Waals surface area contributed by atoms with Crippen molar-refractivity contribution in [3.63, 3.8) is 0 Å². The second-order valence-corrected chi connectivity index (χ2v) is 3.91. The molecule has 20 heavy (non-hydrogen) atoms. The monoisotopic (exact) mass is 270 g/mol. The number of rotatable bonds is 3. The first kappa shape index (κ1) is 12.2. The summed E-state index contributed by atoms with van der Waals surface area (Å²) in [6.07, 6.45) is 6.41. The molecule has 3 aromatic rings. The average molecular weight is 270 g/mol. The van der Waals surface area contributed by atoms with E-state index in [9.17, 15) is 4.79 Å². The normalized spacial score (nSPS) is 10.7. The molecule has 3 aromatic heterocycles. The molecule has 0 unspecified atom stereocenters. The minimum absolute atomic E-state index is 0.000230. The van der Waals surface area contributed by atoms with Crippen molar-refractivity contribution in [3.05, 3.63) is 36.7 Å². The molecule has 0 radical (unpaired) electrons. The molecule has 8 heteroatoms. The SMILES string of the molecule is COC(=O)Cc1nc2nccc(-c3cnccn3)n2n1. The van der Waals surface area contributed by atoms with Gasteiger partial charge in [0.25, 0.3) is 5.78 Å². The molecule has 0 aromatic carbocycles. The number of methoxy groups -OCH3 is 1. The van der Waals surface area contributed by atoms with Gasteiger partial charge in [0, 0.05) is 18.6 Å². The maximum absolute atomic E-state index is 11.3. The summed E-state index contributed by atoms with van der Waals surface area (Å²) in [5.41, 5.74) is 1.35. The summed E-state index contributed by atoms with van der Waals surface area (Å²) in [4.78, 5) is 27.8. The van der Waals surface area contributed by atoms with Crippen molar-refractivity contribution in [2.45, 2.75) is 6.42 Å². The summed E-state index contributed by atoms with van der Waals surface area (Å²) in [5, 5.41) is 4.25. The Morgan fingerprint density at radius 1 is 1.30 bits per heavy atom. The van der Waals surface area contributed by atoms with Gasteiger partial charge in [-0.3, -0.25) is 14.8 Å². The van der Waals surface area contributed by atoms with Crippen LogP contribution in [0.3, 0.4) is 0 Å². The second-order valence-electron chi connectivity index (χ2n) is 3.91. The van der Waals surface area contributed by atoms with E-state index in [0.29, 0.717) is 23.0 Å². The third kappa shape index (κ3) is 2.18. The molecule has 100 valence electrons. The quantitative estimate of drug-likeness (QED) is 0.631. The lowest BCUT2D eigenvalue weighted by Crippen LogP contribution is -2.06. The Kier molecular flexibility index (Phi) is 3.04. The smallest absolute Gasteiger partial charge is 0.313 e. The van der Waals surface area contributed by atoms with Gasteiger partial charge in [-0.15, -0.1) is 5.10 Å². The number of nitrogens with zero attached hydrogens (tertiary/aromatic N) is 6. The molecule has 0 N–H and O–H groups in total. The Labute approximate surface area is 113 Å². The van der Waals surface area contributed by atoms with Crippen molar-refractivity contribution in [1.29, 1.82) is 0 Å². The highest BCUT2D eigenvalue weighted by Gasteiger charge is 2.13. The van der Waals surface area contributed by atoms with Crippen molar-refractivity contribution in [3.8, 4) is 11.4 Å². The van der Waals surface area contributed by atoms with E-state index in [0.717, 1.165) is 0 Å². The van der Waals surface area contributed by atoms with Crippen LogP contribution >= 0.6 is 0 Å². The minimum Gasteiger partial charge on any atom is -0.469 e. The highest BCUT2D eigenvalue weighted by Crippen LogP contribution is 2.15. The van der Waals surface area contributed by atoms with Crippen molar-refractivity contribution >= 4 is 11.7 Å². The fourth-order valence-electron chi connectivity index (χ4n) is 1.74. The van der Waals surface area contributed by atoms with Crippen molar-refractivity contribution in [1.82, 2.24) is 29.5 Å². The van der Waals surface area contributed by atoms with Gasteiger partial charge in [-0.05, 0) is 6.07 Å². The lowest BCUT2D eigenvalue weighted by molar-refractivity contribution is -0.139. The van der Waals surface area contributed by atoms with Crippen LogP contribution in [-0.4, -0.2) is 42.6 Å². The molecule has 0 atom stereocenters. The number of carbonyl (C=O) groups excluding carboxylic acids is 1. The standard InChI is InChI=1S/C12H10N6O2/c1-20-11(19)6-10-16-12-15-3-2-9(18(12)17-10)8-7-13-4-5-14-8/h2-5,7H,6H2,1H3. The van der Waals surface area contributed by atoms with E-state index in [1.165, 1.54) is 11.6 Å². The van der Waals surface area contributed by atoms with Crippen LogP contribution in [0.15, 0.2) is 30.9 Å². The highest BCUT2D eigenvalue weighted by atomic mass is 16.5. The van der Waals surface area contributed by atoms with E-state index in [1.807, 2.05) is 0 Å². The number of esters is 1. The number of aromatic nitrogens is 6. The third-order valence-electron chi connectivity index (χ3n) is 2.64. The van der Waals surface area contributed by atoms with Crippen molar-refractivity contribution in [2.24, 2.45) is 0 Å². The Morgan fingerprint density at radius 2 is 2.20 bits per heavy atom. The van der Waals surface area contributed by atoms with E-state index in [-0.39, 0.29) is 6.42 Å². The van der Waals surface area contributed by atoms with E-state index in [4.69, 9.17) is 0 Å². The minimum atomic E-state index is -0.401. The second kappa shape index (κ2) is 5.00. The van der Waals surface area contributed by atoms with Crippen molar-refractivity contribution < 1.29 is 9.53 Å². The molecule has 0 aliphatic rings. The molecular weight excluding hydrogens is 260 g/mol. The van der Waals surface area contributed by atoms with Gasteiger partial charge in [-0.25, -0.2) is 4.98 Å². The maximum atomic E-state index is 11.3. The molecule has 3 heterocycles. The summed E-state index contributed by atoms with van der Waals surface area (Å²) in [6, 6.07) is 1.76. The average Bonchev–Trinajstić information content (AvgIpc) is 2.90. The number of ether oxygens (including phenoxy) is 1. The zero-order chi connectivity index (χ0) is 13.9. The fourth-order valence-corrected chi connectivity index (χ4v) is 1.74. The summed E-state index contributed by atoms with van der Waals surface area (Å²) in [5.74, 6) is 0.342. The summed E-state index contributed by atoms with van der Waals surface area (Å²) in [7, 11) is 1.32. The fraction of sp³-hybridized carbons (Fsp3) is 0.167. The van der Waals surface area contributed by atoms with E-state index in [2.05, 4.69) is 29.8 Å². The van der Waals surface area contributed by atoms with Crippen LogP contribution in [0.4, 0.5) is 0 Å². The molecule has 0 saturated heterocycles. The number of hydrogen-bond donors (Lipinski definition) is 0. The van der Waals surface area contributed by atoms with Crippen LogP contribution in [0.2, 0.25) is 0 Å². The topological polar surface area (TPSA) is 95.2 Å². The molecule has 0 aliphatic heterocycles. The third-order valence-corrected chi connectivity index (χ3v) is 2.64. The van der Waals surface area contributed by atoms with E-state index in [1.54, 1.807) is 30.9 Å². The lowest BCUT2D eigenvalue weighted by Gasteiger charge is -2.00.